The summed E-state index contributed by atoms with van der Waals surface area (Å²) in [5.41, 5.74) is 6.54. The molecule has 2 N–H and O–H groups in total. The summed E-state index contributed by atoms with van der Waals surface area (Å²) < 4.78 is 0. The smallest absolute Gasteiger partial charge is 0.188 e. The third-order valence-corrected chi connectivity index (χ3v) is 3.01. The zero-order valence-electron chi connectivity index (χ0n) is 7.77. The van der Waals surface area contributed by atoms with Gasteiger partial charge in [0.15, 0.2) is 10.8 Å². The molecule has 72 valence electrons. The molecule has 0 aliphatic carbocycles. The third kappa shape index (κ3) is 1.64. The van der Waals surface area contributed by atoms with Crippen molar-refractivity contribution in [2.24, 2.45) is 5.73 Å². The van der Waals surface area contributed by atoms with Crippen LogP contribution in [0.15, 0.2) is 18.5 Å². The first-order valence-electron chi connectivity index (χ1n) is 4.25. The van der Waals surface area contributed by atoms with Gasteiger partial charge in [0.25, 0.3) is 0 Å². The van der Waals surface area contributed by atoms with Gasteiger partial charge >= 0.3 is 0 Å². The van der Waals surface area contributed by atoms with Crippen molar-refractivity contribution < 1.29 is 0 Å². The summed E-state index contributed by atoms with van der Waals surface area (Å²) >= 11 is 1.55. The van der Waals surface area contributed by atoms with E-state index in [0.29, 0.717) is 12.4 Å². The second-order valence-corrected chi connectivity index (χ2v) is 3.89. The molecule has 0 bridgehead atoms. The molecule has 0 saturated heterocycles. The third-order valence-electron chi connectivity index (χ3n) is 1.84. The Kier molecular flexibility index (Phi) is 2.51. The summed E-state index contributed by atoms with van der Waals surface area (Å²) in [4.78, 5) is 13.7. The van der Waals surface area contributed by atoms with Crippen LogP contribution in [0.25, 0.3) is 10.8 Å². The topological polar surface area (TPSA) is 64.7 Å². The second kappa shape index (κ2) is 3.81. The van der Waals surface area contributed by atoms with E-state index in [1.54, 1.807) is 29.8 Å². The van der Waals surface area contributed by atoms with E-state index in [-0.39, 0.29) is 0 Å². The minimum absolute atomic E-state index is 0.524. The minimum Gasteiger partial charge on any atom is -0.326 e. The van der Waals surface area contributed by atoms with Gasteiger partial charge in [-0.15, -0.1) is 11.3 Å². The molecule has 2 rings (SSSR count). The number of hydrogen-bond acceptors (Lipinski definition) is 5. The summed E-state index contributed by atoms with van der Waals surface area (Å²) in [6, 6.07) is 1.79. The van der Waals surface area contributed by atoms with Crippen molar-refractivity contribution in [3.63, 3.8) is 0 Å². The fourth-order valence-electron chi connectivity index (χ4n) is 1.12. The highest BCUT2D eigenvalue weighted by molar-refractivity contribution is 7.15. The number of hydrogen-bond donors (Lipinski definition) is 1. The van der Waals surface area contributed by atoms with Crippen molar-refractivity contribution in [3.8, 4) is 10.8 Å². The molecule has 0 aliphatic heterocycles. The van der Waals surface area contributed by atoms with Crippen molar-refractivity contribution in [2.45, 2.75) is 13.5 Å². The molecule has 4 nitrogen and oxygen atoms in total. The normalized spacial score (nSPS) is 10.4. The van der Waals surface area contributed by atoms with E-state index in [4.69, 9.17) is 5.73 Å². The lowest BCUT2D eigenvalue weighted by atomic mass is 10.4. The molecule has 2 aromatic rings. The molecule has 0 amide bonds. The molecule has 2 heterocycles. The number of aromatic nitrogens is 3. The molecule has 5 heteroatoms. The molecule has 0 saturated carbocycles. The Bertz CT molecular complexity index is 424. The largest absolute Gasteiger partial charge is 0.326 e. The van der Waals surface area contributed by atoms with E-state index in [9.17, 15) is 0 Å². The van der Waals surface area contributed by atoms with Gasteiger partial charge in [0.1, 0.15) is 0 Å². The van der Waals surface area contributed by atoms with Gasteiger partial charge in [0.05, 0.1) is 5.69 Å². The van der Waals surface area contributed by atoms with Crippen LogP contribution in [0.3, 0.4) is 0 Å². The van der Waals surface area contributed by atoms with Crippen LogP contribution < -0.4 is 5.73 Å². The number of rotatable bonds is 2. The molecule has 0 aromatic carbocycles. The average molecular weight is 206 g/mol. The molecule has 0 aliphatic rings. The summed E-state index contributed by atoms with van der Waals surface area (Å²) in [5.74, 6) is 0.667. The maximum absolute atomic E-state index is 5.57. The lowest BCUT2D eigenvalue weighted by Gasteiger charge is -1.90. The first-order valence-corrected chi connectivity index (χ1v) is 5.06. The van der Waals surface area contributed by atoms with E-state index in [1.165, 1.54) is 0 Å². The van der Waals surface area contributed by atoms with Crippen LogP contribution >= 0.6 is 11.3 Å². The van der Waals surface area contributed by atoms with Crippen LogP contribution in [-0.2, 0) is 6.54 Å². The first-order chi connectivity index (χ1) is 6.81. The van der Waals surface area contributed by atoms with Crippen molar-refractivity contribution >= 4 is 11.3 Å². The molecule has 0 unspecified atom stereocenters. The maximum atomic E-state index is 5.57. The fourth-order valence-corrected chi connectivity index (χ4v) is 2.01. The van der Waals surface area contributed by atoms with Gasteiger partial charge < -0.3 is 5.73 Å². The van der Waals surface area contributed by atoms with Crippen LogP contribution in [0.4, 0.5) is 0 Å². The quantitative estimate of drug-likeness (QED) is 0.806. The van der Waals surface area contributed by atoms with Crippen molar-refractivity contribution in [3.05, 3.63) is 29.0 Å². The number of aryl methyl sites for hydroxylation is 1. The highest BCUT2D eigenvalue weighted by Crippen LogP contribution is 2.24. The average Bonchev–Trinajstić information content (AvgIpc) is 2.61. The molecule has 2 aromatic heterocycles. The zero-order valence-corrected chi connectivity index (χ0v) is 8.58. The van der Waals surface area contributed by atoms with Gasteiger partial charge in [-0.25, -0.2) is 15.0 Å². The van der Waals surface area contributed by atoms with Crippen molar-refractivity contribution in [2.75, 3.05) is 0 Å². The molecule has 0 radical (unpaired) electrons. The van der Waals surface area contributed by atoms with Crippen LogP contribution in [0, 0.1) is 6.92 Å². The number of thiazole rings is 1. The Hall–Kier alpha value is -1.33. The van der Waals surface area contributed by atoms with Gasteiger partial charge in [0, 0.05) is 23.8 Å². The van der Waals surface area contributed by atoms with E-state index in [1.807, 2.05) is 6.92 Å². The van der Waals surface area contributed by atoms with E-state index >= 15 is 0 Å². The summed E-state index contributed by atoms with van der Waals surface area (Å²) in [6.45, 7) is 2.47. The van der Waals surface area contributed by atoms with Crippen LogP contribution in [0.5, 0.6) is 0 Å². The van der Waals surface area contributed by atoms with E-state index < -0.39 is 0 Å². The van der Waals surface area contributed by atoms with Crippen molar-refractivity contribution in [1.82, 2.24) is 15.0 Å². The highest BCUT2D eigenvalue weighted by atomic mass is 32.1. The Morgan fingerprint density at radius 3 is 2.64 bits per heavy atom. The van der Waals surface area contributed by atoms with Gasteiger partial charge in [-0.1, -0.05) is 0 Å². The highest BCUT2D eigenvalue weighted by Gasteiger charge is 2.09. The standard InChI is InChI=1S/C9H10N4S/c1-6-7(5-10)14-9(13-6)8-11-3-2-4-12-8/h2-4H,5,10H2,1H3. The van der Waals surface area contributed by atoms with Gasteiger partial charge in [-0.2, -0.15) is 0 Å². The number of nitrogens with zero attached hydrogens (tertiary/aromatic N) is 3. The maximum Gasteiger partial charge on any atom is 0.188 e. The fraction of sp³-hybridized carbons (Fsp3) is 0.222. The summed E-state index contributed by atoms with van der Waals surface area (Å²) in [7, 11) is 0. The second-order valence-electron chi connectivity index (χ2n) is 2.80. The molecular weight excluding hydrogens is 196 g/mol. The molecular formula is C9H10N4S. The summed E-state index contributed by atoms with van der Waals surface area (Å²) in [5, 5.41) is 0.837. The van der Waals surface area contributed by atoms with Gasteiger partial charge in [-0.05, 0) is 13.0 Å². The van der Waals surface area contributed by atoms with Crippen LogP contribution in [-0.4, -0.2) is 15.0 Å². The predicted molar refractivity (Wildman–Crippen MR) is 55.8 cm³/mol. The molecule has 14 heavy (non-hydrogen) atoms. The Morgan fingerprint density at radius 2 is 2.07 bits per heavy atom. The van der Waals surface area contributed by atoms with Gasteiger partial charge in [0.2, 0.25) is 0 Å². The molecule has 0 atom stereocenters. The summed E-state index contributed by atoms with van der Waals surface area (Å²) in [6.07, 6.45) is 3.42. The predicted octanol–water partition coefficient (Wildman–Crippen LogP) is 1.37. The lowest BCUT2D eigenvalue weighted by molar-refractivity contribution is 1.06. The van der Waals surface area contributed by atoms with Gasteiger partial charge in [-0.3, -0.25) is 0 Å². The van der Waals surface area contributed by atoms with E-state index in [0.717, 1.165) is 15.6 Å². The van der Waals surface area contributed by atoms with Crippen LogP contribution in [0.2, 0.25) is 0 Å². The van der Waals surface area contributed by atoms with Crippen LogP contribution in [0.1, 0.15) is 10.6 Å². The minimum atomic E-state index is 0.524. The SMILES string of the molecule is Cc1nc(-c2ncccn2)sc1CN. The zero-order chi connectivity index (χ0) is 9.97. The Balaban J connectivity index is 2.43. The molecule has 0 fully saturated rings. The van der Waals surface area contributed by atoms with E-state index in [2.05, 4.69) is 15.0 Å². The Morgan fingerprint density at radius 1 is 1.36 bits per heavy atom. The monoisotopic (exact) mass is 206 g/mol. The van der Waals surface area contributed by atoms with Crippen molar-refractivity contribution in [1.29, 1.82) is 0 Å². The lowest BCUT2D eigenvalue weighted by Crippen LogP contribution is -1.94. The molecule has 0 spiro atoms. The first kappa shape index (κ1) is 9.23. The Labute approximate surface area is 85.9 Å². The number of nitrogens with two attached hydrogens (primary N) is 1.